The summed E-state index contributed by atoms with van der Waals surface area (Å²) < 4.78 is 83.5. The van der Waals surface area contributed by atoms with Crippen molar-refractivity contribution in [3.63, 3.8) is 0 Å². The number of halogens is 6. The Kier molecular flexibility index (Phi) is 5.55. The van der Waals surface area contributed by atoms with Gasteiger partial charge in [-0.3, -0.25) is 0 Å². The van der Waals surface area contributed by atoms with Crippen LogP contribution >= 0.6 is 0 Å². The number of oxime groups is 1. The molecule has 3 rings (SSSR count). The van der Waals surface area contributed by atoms with Gasteiger partial charge in [0.15, 0.2) is 5.65 Å². The smallest absolute Gasteiger partial charge is 0.433 e. The maximum Gasteiger partial charge on any atom is 0.433 e. The predicted molar refractivity (Wildman–Crippen MR) is 95.4 cm³/mol. The zero-order valence-electron chi connectivity index (χ0n) is 15.5. The molecule has 0 saturated carbocycles. The summed E-state index contributed by atoms with van der Waals surface area (Å²) in [5.41, 5.74) is -2.89. The molecule has 0 atom stereocenters. The van der Waals surface area contributed by atoms with Crippen molar-refractivity contribution in [2.24, 2.45) is 5.16 Å². The molecule has 5 nitrogen and oxygen atoms in total. The monoisotopic (exact) mass is 429 g/mol. The topological polar surface area (TPSA) is 56.6 Å². The molecule has 1 aromatic carbocycles. The first kappa shape index (κ1) is 21.3. The van der Waals surface area contributed by atoms with Crippen LogP contribution in [0.25, 0.3) is 11.0 Å². The van der Waals surface area contributed by atoms with E-state index in [4.69, 9.17) is 9.57 Å². The number of benzene rings is 1. The summed E-state index contributed by atoms with van der Waals surface area (Å²) in [6, 6.07) is 8.72. The Bertz CT molecular complexity index is 1090. The number of fused-ring (bicyclic) bond motifs is 1. The maximum atomic E-state index is 13.2. The normalized spacial score (nSPS) is 12.9. The number of aromatic nitrogens is 2. The third-order valence-electron chi connectivity index (χ3n) is 4.03. The average Bonchev–Trinajstić information content (AvgIpc) is 2.69. The van der Waals surface area contributed by atoms with Crippen molar-refractivity contribution in [2.45, 2.75) is 19.3 Å². The van der Waals surface area contributed by atoms with Gasteiger partial charge in [-0.25, -0.2) is 4.98 Å². The lowest BCUT2D eigenvalue weighted by Gasteiger charge is -2.13. The minimum atomic E-state index is -5.07. The lowest BCUT2D eigenvalue weighted by atomic mass is 10.1. The molecule has 11 heteroatoms. The summed E-state index contributed by atoms with van der Waals surface area (Å²) in [6.45, 7) is 1.60. The number of pyridine rings is 2. The first-order valence-electron chi connectivity index (χ1n) is 8.31. The van der Waals surface area contributed by atoms with Crippen LogP contribution < -0.4 is 9.57 Å². The van der Waals surface area contributed by atoms with Crippen LogP contribution in [0.3, 0.4) is 0 Å². The summed E-state index contributed by atoms with van der Waals surface area (Å²) in [5.74, 6) is 0.311. The summed E-state index contributed by atoms with van der Waals surface area (Å²) >= 11 is 0. The molecule has 2 heterocycles. The molecular weight excluding hydrogens is 416 g/mol. The number of alkyl halides is 6. The highest BCUT2D eigenvalue weighted by Crippen LogP contribution is 2.38. The highest BCUT2D eigenvalue weighted by molar-refractivity contribution is 5.98. The SMILES string of the molecule is COc1ccc(/C(C)=N/Oc2ccc3c(C(F)(F)F)cc(C(F)(F)F)nc3n2)cc1. The van der Waals surface area contributed by atoms with E-state index in [0.29, 0.717) is 17.0 Å². The fourth-order valence-electron chi connectivity index (χ4n) is 2.52. The molecule has 0 fully saturated rings. The molecule has 3 aromatic rings. The molecule has 0 radical (unpaired) electrons. The van der Waals surface area contributed by atoms with Crippen LogP contribution in [-0.2, 0) is 12.4 Å². The van der Waals surface area contributed by atoms with Crippen molar-refractivity contribution in [3.8, 4) is 11.6 Å². The number of ether oxygens (including phenoxy) is 1. The molecule has 0 N–H and O–H groups in total. The van der Waals surface area contributed by atoms with E-state index < -0.39 is 34.6 Å². The quantitative estimate of drug-likeness (QED) is 0.313. The number of rotatable bonds is 4. The molecule has 0 saturated heterocycles. The Morgan fingerprint density at radius 2 is 1.57 bits per heavy atom. The van der Waals surface area contributed by atoms with Crippen molar-refractivity contribution in [1.29, 1.82) is 0 Å². The molecule has 158 valence electrons. The number of methoxy groups -OCH3 is 1. The molecule has 30 heavy (non-hydrogen) atoms. The van der Waals surface area contributed by atoms with Crippen LogP contribution in [0.4, 0.5) is 26.3 Å². The summed E-state index contributed by atoms with van der Waals surface area (Å²) in [5, 5.41) is 3.23. The molecular formula is C19H13F6N3O2. The Hall–Kier alpha value is -3.37. The van der Waals surface area contributed by atoms with Crippen molar-refractivity contribution in [1.82, 2.24) is 9.97 Å². The Morgan fingerprint density at radius 3 is 2.13 bits per heavy atom. The second kappa shape index (κ2) is 7.81. The van der Waals surface area contributed by atoms with Gasteiger partial charge in [0.25, 0.3) is 5.88 Å². The molecule has 0 bridgehead atoms. The summed E-state index contributed by atoms with van der Waals surface area (Å²) in [7, 11) is 1.51. The van der Waals surface area contributed by atoms with Gasteiger partial charge >= 0.3 is 12.4 Å². The van der Waals surface area contributed by atoms with Gasteiger partial charge in [0.2, 0.25) is 0 Å². The van der Waals surface area contributed by atoms with Crippen LogP contribution in [0.15, 0.2) is 47.6 Å². The molecule has 0 spiro atoms. The number of hydrogen-bond donors (Lipinski definition) is 0. The second-order valence-corrected chi connectivity index (χ2v) is 6.07. The molecule has 0 aliphatic rings. The highest BCUT2D eigenvalue weighted by atomic mass is 19.4. The lowest BCUT2D eigenvalue weighted by molar-refractivity contribution is -0.144. The van der Waals surface area contributed by atoms with E-state index in [2.05, 4.69) is 15.1 Å². The molecule has 0 aliphatic carbocycles. The molecule has 0 aliphatic heterocycles. The second-order valence-electron chi connectivity index (χ2n) is 6.07. The fourth-order valence-corrected chi connectivity index (χ4v) is 2.52. The van der Waals surface area contributed by atoms with Crippen molar-refractivity contribution in [2.75, 3.05) is 7.11 Å². The van der Waals surface area contributed by atoms with E-state index in [1.54, 1.807) is 31.2 Å². The van der Waals surface area contributed by atoms with Crippen LogP contribution in [0, 0.1) is 0 Å². The zero-order valence-corrected chi connectivity index (χ0v) is 15.5. The summed E-state index contributed by atoms with van der Waals surface area (Å²) in [4.78, 5) is 11.9. The van der Waals surface area contributed by atoms with E-state index in [1.807, 2.05) is 0 Å². The minimum Gasteiger partial charge on any atom is -0.497 e. The fraction of sp³-hybridized carbons (Fsp3) is 0.211. The van der Waals surface area contributed by atoms with Gasteiger partial charge < -0.3 is 9.57 Å². The van der Waals surface area contributed by atoms with Gasteiger partial charge in [0.05, 0.1) is 18.4 Å². The standard InChI is InChI=1S/C19H13F6N3O2/c1-10(11-3-5-12(29-2)6-4-11)28-30-16-8-7-13-14(18(20,21)22)9-15(19(23,24)25)26-17(13)27-16/h3-9H,1-2H3/b28-10+. The van der Waals surface area contributed by atoms with Crippen molar-refractivity contribution in [3.05, 3.63) is 59.3 Å². The van der Waals surface area contributed by atoms with Gasteiger partial charge in [0.1, 0.15) is 11.4 Å². The Morgan fingerprint density at radius 1 is 0.900 bits per heavy atom. The van der Waals surface area contributed by atoms with Gasteiger partial charge in [-0.05, 0) is 48.9 Å². The van der Waals surface area contributed by atoms with Crippen LogP contribution in [0.5, 0.6) is 11.6 Å². The Labute approximate surface area is 166 Å². The van der Waals surface area contributed by atoms with E-state index in [1.165, 1.54) is 7.11 Å². The van der Waals surface area contributed by atoms with Gasteiger partial charge in [-0.1, -0.05) is 5.16 Å². The van der Waals surface area contributed by atoms with E-state index in [0.717, 1.165) is 12.1 Å². The third-order valence-corrected chi connectivity index (χ3v) is 4.03. The first-order valence-corrected chi connectivity index (χ1v) is 8.31. The van der Waals surface area contributed by atoms with Gasteiger partial charge in [-0.15, -0.1) is 0 Å². The maximum absolute atomic E-state index is 13.2. The van der Waals surface area contributed by atoms with E-state index in [9.17, 15) is 26.3 Å². The molecule has 2 aromatic heterocycles. The molecule has 0 amide bonds. The molecule has 0 unspecified atom stereocenters. The van der Waals surface area contributed by atoms with Crippen LogP contribution in [-0.4, -0.2) is 22.8 Å². The summed E-state index contributed by atoms with van der Waals surface area (Å²) in [6.07, 6.45) is -10.1. The third kappa shape index (κ3) is 4.61. The number of hydrogen-bond acceptors (Lipinski definition) is 5. The van der Waals surface area contributed by atoms with Crippen molar-refractivity contribution >= 4 is 16.7 Å². The Balaban J connectivity index is 1.97. The largest absolute Gasteiger partial charge is 0.497 e. The van der Waals surface area contributed by atoms with E-state index >= 15 is 0 Å². The minimum absolute atomic E-state index is 0.0451. The predicted octanol–water partition coefficient (Wildman–Crippen LogP) is 5.48. The van der Waals surface area contributed by atoms with Gasteiger partial charge in [0, 0.05) is 11.5 Å². The van der Waals surface area contributed by atoms with Crippen LogP contribution in [0.1, 0.15) is 23.7 Å². The highest BCUT2D eigenvalue weighted by Gasteiger charge is 2.39. The van der Waals surface area contributed by atoms with E-state index in [-0.39, 0.29) is 11.9 Å². The lowest BCUT2D eigenvalue weighted by Crippen LogP contribution is -2.14. The zero-order chi connectivity index (χ0) is 22.1. The van der Waals surface area contributed by atoms with Gasteiger partial charge in [-0.2, -0.15) is 31.3 Å². The number of nitrogens with zero attached hydrogens (tertiary/aromatic N) is 3. The van der Waals surface area contributed by atoms with Crippen molar-refractivity contribution < 1.29 is 35.9 Å². The first-order chi connectivity index (χ1) is 14.0. The average molecular weight is 429 g/mol. The van der Waals surface area contributed by atoms with Crippen LogP contribution in [0.2, 0.25) is 0 Å².